The summed E-state index contributed by atoms with van der Waals surface area (Å²) in [4.78, 5) is 15.1. The lowest BCUT2D eigenvalue weighted by Gasteiger charge is -2.14. The van der Waals surface area contributed by atoms with Gasteiger partial charge in [-0.25, -0.2) is 0 Å². The molecule has 0 radical (unpaired) electrons. The van der Waals surface area contributed by atoms with E-state index in [1.165, 1.54) is 11.8 Å². The molecule has 31 heavy (non-hydrogen) atoms. The Morgan fingerprint density at radius 2 is 1.58 bits per heavy atom. The van der Waals surface area contributed by atoms with E-state index in [0.717, 1.165) is 28.2 Å². The smallest absolute Gasteiger partial charge is 0.266 e. The number of thiocarbonyl (C=S) groups is 1. The highest BCUT2D eigenvalue weighted by molar-refractivity contribution is 8.26. The Bertz CT molecular complexity index is 1090. The SMILES string of the molecule is COc1ccc(CN2C(=O)C(=Cc3ccc(OCc4ccccc4)cc3)SC2=S)cc1. The molecule has 0 unspecified atom stereocenters. The van der Waals surface area contributed by atoms with Gasteiger partial charge in [0, 0.05) is 0 Å². The van der Waals surface area contributed by atoms with Crippen molar-refractivity contribution in [3.63, 3.8) is 0 Å². The number of methoxy groups -OCH3 is 1. The fraction of sp³-hybridized carbons (Fsp3) is 0.120. The fourth-order valence-corrected chi connectivity index (χ4v) is 4.36. The molecule has 1 aliphatic heterocycles. The molecule has 4 nitrogen and oxygen atoms in total. The number of hydrogen-bond acceptors (Lipinski definition) is 5. The summed E-state index contributed by atoms with van der Waals surface area (Å²) in [6.45, 7) is 0.961. The van der Waals surface area contributed by atoms with Crippen LogP contribution >= 0.6 is 24.0 Å². The summed E-state index contributed by atoms with van der Waals surface area (Å²) in [5, 5.41) is 0. The molecule has 1 heterocycles. The van der Waals surface area contributed by atoms with E-state index in [2.05, 4.69) is 0 Å². The van der Waals surface area contributed by atoms with Crippen molar-refractivity contribution in [2.24, 2.45) is 0 Å². The number of ether oxygens (including phenoxy) is 2. The van der Waals surface area contributed by atoms with Gasteiger partial charge < -0.3 is 9.47 Å². The number of nitrogens with zero attached hydrogens (tertiary/aromatic N) is 1. The summed E-state index contributed by atoms with van der Waals surface area (Å²) >= 11 is 6.77. The summed E-state index contributed by atoms with van der Waals surface area (Å²) in [7, 11) is 1.63. The van der Waals surface area contributed by atoms with Crippen LogP contribution in [0, 0.1) is 0 Å². The van der Waals surface area contributed by atoms with Crippen LogP contribution in [0.5, 0.6) is 11.5 Å². The van der Waals surface area contributed by atoms with E-state index in [1.54, 1.807) is 12.0 Å². The quantitative estimate of drug-likeness (QED) is 0.344. The van der Waals surface area contributed by atoms with Crippen LogP contribution in [-0.4, -0.2) is 22.2 Å². The maximum Gasteiger partial charge on any atom is 0.266 e. The zero-order chi connectivity index (χ0) is 21.6. The lowest BCUT2D eigenvalue weighted by molar-refractivity contribution is -0.122. The summed E-state index contributed by atoms with van der Waals surface area (Å²) in [6.07, 6.45) is 1.87. The Morgan fingerprint density at radius 3 is 2.26 bits per heavy atom. The zero-order valence-electron chi connectivity index (χ0n) is 17.0. The number of benzene rings is 3. The van der Waals surface area contributed by atoms with Gasteiger partial charge >= 0.3 is 0 Å². The van der Waals surface area contributed by atoms with Gasteiger partial charge in [-0.05, 0) is 47.0 Å². The molecule has 0 bridgehead atoms. The van der Waals surface area contributed by atoms with Gasteiger partial charge in [-0.3, -0.25) is 9.69 Å². The van der Waals surface area contributed by atoms with Gasteiger partial charge in [-0.2, -0.15) is 0 Å². The van der Waals surface area contributed by atoms with Gasteiger partial charge in [0.2, 0.25) is 0 Å². The van der Waals surface area contributed by atoms with Gasteiger partial charge in [0.15, 0.2) is 0 Å². The van der Waals surface area contributed by atoms with E-state index >= 15 is 0 Å². The fourth-order valence-electron chi connectivity index (χ4n) is 3.10. The molecule has 1 saturated heterocycles. The molecular formula is C25H21NO3S2. The molecule has 3 aromatic carbocycles. The van der Waals surface area contributed by atoms with E-state index in [1.807, 2.05) is 84.9 Å². The molecule has 6 heteroatoms. The van der Waals surface area contributed by atoms with E-state index < -0.39 is 0 Å². The lowest BCUT2D eigenvalue weighted by Crippen LogP contribution is -2.27. The maximum absolute atomic E-state index is 12.9. The van der Waals surface area contributed by atoms with Gasteiger partial charge in [0.25, 0.3) is 5.91 Å². The van der Waals surface area contributed by atoms with Gasteiger partial charge in [0.1, 0.15) is 22.4 Å². The van der Waals surface area contributed by atoms with E-state index in [9.17, 15) is 4.79 Å². The van der Waals surface area contributed by atoms with Crippen molar-refractivity contribution < 1.29 is 14.3 Å². The van der Waals surface area contributed by atoms with Crippen molar-refractivity contribution in [1.82, 2.24) is 4.90 Å². The molecule has 0 aromatic heterocycles. The average molecular weight is 448 g/mol. The van der Waals surface area contributed by atoms with Crippen molar-refractivity contribution in [3.05, 3.63) is 100 Å². The molecule has 0 aliphatic carbocycles. The summed E-state index contributed by atoms with van der Waals surface area (Å²) in [5.41, 5.74) is 3.04. The third-order valence-electron chi connectivity index (χ3n) is 4.80. The predicted molar refractivity (Wildman–Crippen MR) is 129 cm³/mol. The van der Waals surface area contributed by atoms with Gasteiger partial charge in [-0.1, -0.05) is 78.6 Å². The third kappa shape index (κ3) is 5.34. The van der Waals surface area contributed by atoms with Crippen LogP contribution < -0.4 is 9.47 Å². The van der Waals surface area contributed by atoms with Crippen LogP contribution in [0.3, 0.4) is 0 Å². The monoisotopic (exact) mass is 447 g/mol. The molecule has 0 atom stereocenters. The van der Waals surface area contributed by atoms with Crippen molar-refractivity contribution in [2.75, 3.05) is 7.11 Å². The van der Waals surface area contributed by atoms with E-state index in [4.69, 9.17) is 21.7 Å². The first-order valence-electron chi connectivity index (χ1n) is 9.77. The summed E-state index contributed by atoms with van der Waals surface area (Å²) in [5.74, 6) is 1.49. The number of amides is 1. The van der Waals surface area contributed by atoms with E-state index in [-0.39, 0.29) is 5.91 Å². The number of rotatable bonds is 7. The molecular weight excluding hydrogens is 426 g/mol. The number of carbonyl (C=O) groups is 1. The second-order valence-corrected chi connectivity index (χ2v) is 8.64. The van der Waals surface area contributed by atoms with Crippen LogP contribution in [0.4, 0.5) is 0 Å². The largest absolute Gasteiger partial charge is 0.497 e. The standard InChI is InChI=1S/C25H21NO3S2/c1-28-21-11-9-19(10-12-21)16-26-24(27)23(31-25(26)30)15-18-7-13-22(14-8-18)29-17-20-5-3-2-4-6-20/h2-15H,16-17H2,1H3. The summed E-state index contributed by atoms with van der Waals surface area (Å²) < 4.78 is 11.6. The minimum atomic E-state index is -0.0739. The normalized spacial score (nSPS) is 14.9. The molecule has 156 valence electrons. The van der Waals surface area contributed by atoms with Crippen LogP contribution in [0.15, 0.2) is 83.8 Å². The molecule has 3 aromatic rings. The van der Waals surface area contributed by atoms with Crippen LogP contribution in [0.1, 0.15) is 16.7 Å². The van der Waals surface area contributed by atoms with Crippen molar-refractivity contribution in [2.45, 2.75) is 13.2 Å². The third-order valence-corrected chi connectivity index (χ3v) is 6.18. The molecule has 0 spiro atoms. The molecule has 1 fully saturated rings. The Balaban J connectivity index is 1.40. The Kier molecular flexibility index (Phi) is 6.70. The second kappa shape index (κ2) is 9.81. The van der Waals surface area contributed by atoms with Crippen LogP contribution in [0.25, 0.3) is 6.08 Å². The Morgan fingerprint density at radius 1 is 0.903 bits per heavy atom. The Labute approximate surface area is 191 Å². The average Bonchev–Trinajstić information content (AvgIpc) is 3.07. The first-order chi connectivity index (χ1) is 15.1. The number of thioether (sulfide) groups is 1. The predicted octanol–water partition coefficient (Wildman–Crippen LogP) is 5.68. The van der Waals surface area contributed by atoms with E-state index in [0.29, 0.717) is 22.4 Å². The first-order valence-corrected chi connectivity index (χ1v) is 11.0. The highest BCUT2D eigenvalue weighted by atomic mass is 32.2. The first kappa shape index (κ1) is 21.2. The summed E-state index contributed by atoms with van der Waals surface area (Å²) in [6, 6.07) is 25.4. The Hall–Kier alpha value is -3.09. The molecule has 1 amide bonds. The van der Waals surface area contributed by atoms with Crippen LogP contribution in [-0.2, 0) is 17.9 Å². The van der Waals surface area contributed by atoms with Gasteiger partial charge in [-0.15, -0.1) is 0 Å². The number of carbonyl (C=O) groups excluding carboxylic acids is 1. The number of hydrogen-bond donors (Lipinski definition) is 0. The maximum atomic E-state index is 12.9. The lowest BCUT2D eigenvalue weighted by atomic mass is 10.2. The highest BCUT2D eigenvalue weighted by Crippen LogP contribution is 2.34. The molecule has 0 N–H and O–H groups in total. The minimum absolute atomic E-state index is 0.0739. The topological polar surface area (TPSA) is 38.8 Å². The highest BCUT2D eigenvalue weighted by Gasteiger charge is 2.31. The second-order valence-electron chi connectivity index (χ2n) is 6.96. The minimum Gasteiger partial charge on any atom is -0.497 e. The zero-order valence-corrected chi connectivity index (χ0v) is 18.6. The molecule has 1 aliphatic rings. The van der Waals surface area contributed by atoms with Crippen molar-refractivity contribution in [3.8, 4) is 11.5 Å². The van der Waals surface area contributed by atoms with Crippen molar-refractivity contribution in [1.29, 1.82) is 0 Å². The molecule has 4 rings (SSSR count). The van der Waals surface area contributed by atoms with Crippen LogP contribution in [0.2, 0.25) is 0 Å². The molecule has 0 saturated carbocycles. The van der Waals surface area contributed by atoms with Gasteiger partial charge in [0.05, 0.1) is 18.6 Å². The van der Waals surface area contributed by atoms with Crippen molar-refractivity contribution >= 4 is 40.3 Å².